The van der Waals surface area contributed by atoms with Crippen LogP contribution in [0.1, 0.15) is 9.67 Å². The lowest BCUT2D eigenvalue weighted by atomic mass is 10.2. The van der Waals surface area contributed by atoms with E-state index in [1.807, 2.05) is 24.3 Å². The Bertz CT molecular complexity index is 863. The number of ketones is 1. The maximum absolute atomic E-state index is 12.7. The Labute approximate surface area is 172 Å². The molecule has 1 atom stereocenters. The van der Waals surface area contributed by atoms with Crippen molar-refractivity contribution in [2.24, 2.45) is 0 Å². The highest BCUT2D eigenvalue weighted by molar-refractivity contribution is 7.13. The van der Waals surface area contributed by atoms with Crippen LogP contribution in [0, 0.1) is 0 Å². The number of hydrogen-bond donors (Lipinski definition) is 2. The van der Waals surface area contributed by atoms with Crippen molar-refractivity contribution in [3.8, 4) is 5.75 Å². The number of methoxy groups -OCH3 is 1. The number of aliphatic hydroxyl groups is 1. The highest BCUT2D eigenvalue weighted by Crippen LogP contribution is 2.28. The maximum Gasteiger partial charge on any atom is 0.293 e. The first-order chi connectivity index (χ1) is 14.0. The summed E-state index contributed by atoms with van der Waals surface area (Å²) < 4.78 is 5.39. The van der Waals surface area contributed by atoms with Crippen LogP contribution < -0.4 is 15.0 Å². The van der Waals surface area contributed by atoms with Gasteiger partial charge in [-0.25, -0.2) is 0 Å². The second kappa shape index (κ2) is 9.53. The summed E-state index contributed by atoms with van der Waals surface area (Å²) in [6, 6.07) is 9.73. The number of benzene rings is 1. The molecule has 1 unspecified atom stereocenters. The van der Waals surface area contributed by atoms with Crippen LogP contribution in [0.2, 0.25) is 0 Å². The van der Waals surface area contributed by atoms with Crippen molar-refractivity contribution in [3.05, 3.63) is 46.7 Å². The molecule has 0 spiro atoms. The van der Waals surface area contributed by atoms with E-state index in [1.165, 1.54) is 0 Å². The Morgan fingerprint density at radius 1 is 1.14 bits per heavy atom. The van der Waals surface area contributed by atoms with Crippen molar-refractivity contribution in [1.82, 2.24) is 10.2 Å². The molecule has 2 heterocycles. The van der Waals surface area contributed by atoms with Crippen LogP contribution >= 0.6 is 11.3 Å². The SMILES string of the molecule is COc1ccccc1N1CCN(C(=O)C(CO)NC(=O)C(=O)c2cccs2)CC1. The van der Waals surface area contributed by atoms with Gasteiger partial charge in [-0.3, -0.25) is 14.4 Å². The van der Waals surface area contributed by atoms with E-state index in [-0.39, 0.29) is 4.88 Å². The van der Waals surface area contributed by atoms with Crippen LogP contribution in [0.5, 0.6) is 5.75 Å². The van der Waals surface area contributed by atoms with Gasteiger partial charge in [-0.1, -0.05) is 18.2 Å². The van der Waals surface area contributed by atoms with Gasteiger partial charge in [0.25, 0.3) is 11.7 Å². The second-order valence-electron chi connectivity index (χ2n) is 6.50. The number of amides is 2. The average molecular weight is 417 g/mol. The van der Waals surface area contributed by atoms with E-state index >= 15 is 0 Å². The summed E-state index contributed by atoms with van der Waals surface area (Å²) >= 11 is 1.15. The molecule has 0 aliphatic carbocycles. The Morgan fingerprint density at radius 3 is 2.48 bits per heavy atom. The van der Waals surface area contributed by atoms with E-state index in [4.69, 9.17) is 4.74 Å². The summed E-state index contributed by atoms with van der Waals surface area (Å²) in [5.74, 6) is -1.25. The smallest absolute Gasteiger partial charge is 0.293 e. The molecule has 0 bridgehead atoms. The highest BCUT2D eigenvalue weighted by Gasteiger charge is 2.30. The molecule has 1 fully saturated rings. The number of thiophene rings is 1. The Morgan fingerprint density at radius 2 is 1.86 bits per heavy atom. The third-order valence-electron chi connectivity index (χ3n) is 4.75. The van der Waals surface area contributed by atoms with Crippen molar-refractivity contribution in [3.63, 3.8) is 0 Å². The van der Waals surface area contributed by atoms with Gasteiger partial charge in [-0.05, 0) is 23.6 Å². The van der Waals surface area contributed by atoms with Crippen molar-refractivity contribution >= 4 is 34.6 Å². The minimum Gasteiger partial charge on any atom is -0.495 e. The summed E-state index contributed by atoms with van der Waals surface area (Å²) in [6.45, 7) is 1.47. The number of aliphatic hydroxyl groups excluding tert-OH is 1. The van der Waals surface area contributed by atoms with E-state index in [0.29, 0.717) is 26.2 Å². The summed E-state index contributed by atoms with van der Waals surface area (Å²) in [6.07, 6.45) is 0. The van der Waals surface area contributed by atoms with Crippen molar-refractivity contribution in [1.29, 1.82) is 0 Å². The van der Waals surface area contributed by atoms with Gasteiger partial charge in [0.2, 0.25) is 5.91 Å². The summed E-state index contributed by atoms with van der Waals surface area (Å²) in [5, 5.41) is 13.6. The number of carbonyl (C=O) groups is 3. The van der Waals surface area contributed by atoms with Gasteiger partial charge in [0.1, 0.15) is 11.8 Å². The number of para-hydroxylation sites is 2. The van der Waals surface area contributed by atoms with Gasteiger partial charge in [0.15, 0.2) is 0 Å². The van der Waals surface area contributed by atoms with E-state index in [2.05, 4.69) is 10.2 Å². The monoisotopic (exact) mass is 417 g/mol. The third-order valence-corrected chi connectivity index (χ3v) is 5.62. The van der Waals surface area contributed by atoms with Gasteiger partial charge in [0.05, 0.1) is 24.3 Å². The lowest BCUT2D eigenvalue weighted by Crippen LogP contribution is -2.56. The second-order valence-corrected chi connectivity index (χ2v) is 7.45. The Hall–Kier alpha value is -2.91. The standard InChI is InChI=1S/C20H23N3O5S/c1-28-16-6-3-2-5-15(16)22-8-10-23(11-9-22)20(27)14(13-24)21-19(26)18(25)17-7-4-12-29-17/h2-7,12,14,24H,8-11,13H2,1H3,(H,21,26). The lowest BCUT2D eigenvalue weighted by molar-refractivity contribution is -0.137. The number of ether oxygens (including phenoxy) is 1. The molecule has 2 N–H and O–H groups in total. The van der Waals surface area contributed by atoms with E-state index < -0.39 is 30.2 Å². The summed E-state index contributed by atoms with van der Waals surface area (Å²) in [7, 11) is 1.62. The fraction of sp³-hybridized carbons (Fsp3) is 0.350. The average Bonchev–Trinajstić information content (AvgIpc) is 3.31. The van der Waals surface area contributed by atoms with Gasteiger partial charge < -0.3 is 25.0 Å². The minimum atomic E-state index is -1.15. The van der Waals surface area contributed by atoms with Crippen LogP contribution in [0.25, 0.3) is 0 Å². The maximum atomic E-state index is 12.7. The van der Waals surface area contributed by atoms with Crippen molar-refractivity contribution < 1.29 is 24.2 Å². The predicted molar refractivity (Wildman–Crippen MR) is 109 cm³/mol. The molecular weight excluding hydrogens is 394 g/mol. The van der Waals surface area contributed by atoms with E-state index in [1.54, 1.807) is 29.5 Å². The molecule has 29 heavy (non-hydrogen) atoms. The molecular formula is C20H23N3O5S. The zero-order valence-corrected chi connectivity index (χ0v) is 16.9. The molecule has 3 rings (SSSR count). The lowest BCUT2D eigenvalue weighted by Gasteiger charge is -2.37. The van der Waals surface area contributed by atoms with E-state index in [9.17, 15) is 19.5 Å². The number of Topliss-reactive ketones (excluding diaryl/α,β-unsaturated/α-hetero) is 1. The third kappa shape index (κ3) is 4.75. The van der Waals surface area contributed by atoms with Gasteiger partial charge in [-0.15, -0.1) is 11.3 Å². The first-order valence-electron chi connectivity index (χ1n) is 9.21. The molecule has 2 aromatic rings. The molecule has 1 aromatic heterocycles. The number of anilines is 1. The van der Waals surface area contributed by atoms with Crippen molar-refractivity contribution in [2.75, 3.05) is 44.8 Å². The van der Waals surface area contributed by atoms with Crippen LogP contribution in [-0.4, -0.2) is 73.5 Å². The number of nitrogens with zero attached hydrogens (tertiary/aromatic N) is 2. The predicted octanol–water partition coefficient (Wildman–Crippen LogP) is 0.765. The van der Waals surface area contributed by atoms with Gasteiger partial charge in [0, 0.05) is 26.2 Å². The summed E-state index contributed by atoms with van der Waals surface area (Å²) in [4.78, 5) is 41.0. The molecule has 8 nitrogen and oxygen atoms in total. The Balaban J connectivity index is 1.58. The number of rotatable bonds is 7. The molecule has 154 valence electrons. The molecule has 0 saturated carbocycles. The molecule has 1 aliphatic heterocycles. The minimum absolute atomic E-state index is 0.289. The number of nitrogens with one attached hydrogen (secondary N) is 1. The zero-order valence-electron chi connectivity index (χ0n) is 16.0. The fourth-order valence-corrected chi connectivity index (χ4v) is 3.87. The fourth-order valence-electron chi connectivity index (χ4n) is 3.21. The highest BCUT2D eigenvalue weighted by atomic mass is 32.1. The molecule has 2 amide bonds. The van der Waals surface area contributed by atoms with Gasteiger partial charge >= 0.3 is 0 Å². The van der Waals surface area contributed by atoms with E-state index in [0.717, 1.165) is 22.8 Å². The molecule has 1 saturated heterocycles. The first-order valence-corrected chi connectivity index (χ1v) is 10.1. The normalized spacial score (nSPS) is 15.0. The van der Waals surface area contributed by atoms with Gasteiger partial charge in [-0.2, -0.15) is 0 Å². The van der Waals surface area contributed by atoms with Crippen LogP contribution in [0.15, 0.2) is 41.8 Å². The number of hydrogen-bond acceptors (Lipinski definition) is 7. The topological polar surface area (TPSA) is 99.2 Å². The largest absolute Gasteiger partial charge is 0.495 e. The Kier molecular flexibility index (Phi) is 6.84. The van der Waals surface area contributed by atoms with Crippen LogP contribution in [-0.2, 0) is 9.59 Å². The number of piperazine rings is 1. The molecule has 9 heteroatoms. The molecule has 1 aliphatic rings. The van der Waals surface area contributed by atoms with Crippen LogP contribution in [0.3, 0.4) is 0 Å². The quantitative estimate of drug-likeness (QED) is 0.510. The zero-order chi connectivity index (χ0) is 20.8. The molecule has 1 aromatic carbocycles. The first kappa shape index (κ1) is 20.8. The summed E-state index contributed by atoms with van der Waals surface area (Å²) in [5.41, 5.74) is 0.954. The molecule has 0 radical (unpaired) electrons. The van der Waals surface area contributed by atoms with Crippen molar-refractivity contribution in [2.45, 2.75) is 6.04 Å². The number of carbonyl (C=O) groups excluding carboxylic acids is 3. The van der Waals surface area contributed by atoms with Crippen LogP contribution in [0.4, 0.5) is 5.69 Å².